The van der Waals surface area contributed by atoms with Crippen molar-refractivity contribution < 1.29 is 9.53 Å². The molecule has 1 rings (SSSR count). The van der Waals surface area contributed by atoms with Crippen LogP contribution < -0.4 is 5.73 Å². The highest BCUT2D eigenvalue weighted by Gasteiger charge is 2.21. The van der Waals surface area contributed by atoms with Gasteiger partial charge in [-0.05, 0) is 18.8 Å². The number of amides is 1. The molecular weight excluding hydrogens is 180 g/mol. The number of nitrogens with zero attached hydrogens (tertiary/aromatic N) is 1. The maximum atomic E-state index is 11.5. The Morgan fingerprint density at radius 1 is 1.50 bits per heavy atom. The summed E-state index contributed by atoms with van der Waals surface area (Å²) in [5.41, 5.74) is 5.74. The second-order valence-electron chi connectivity index (χ2n) is 4.30. The molecule has 0 saturated carbocycles. The fraction of sp³-hybridized carbons (Fsp3) is 0.900. The normalized spacial score (nSPS) is 18.7. The van der Waals surface area contributed by atoms with Crippen molar-refractivity contribution in [1.82, 2.24) is 4.90 Å². The summed E-state index contributed by atoms with van der Waals surface area (Å²) in [4.78, 5) is 13.2. The number of carbonyl (C=O) groups is 1. The van der Waals surface area contributed by atoms with E-state index in [1.807, 2.05) is 13.8 Å². The summed E-state index contributed by atoms with van der Waals surface area (Å²) in [7, 11) is 0. The van der Waals surface area contributed by atoms with E-state index in [0.717, 1.165) is 25.9 Å². The molecule has 0 aromatic rings. The van der Waals surface area contributed by atoms with E-state index in [9.17, 15) is 4.79 Å². The Labute approximate surface area is 85.4 Å². The molecule has 1 aliphatic rings. The molecule has 2 N–H and O–H groups in total. The zero-order valence-corrected chi connectivity index (χ0v) is 9.03. The van der Waals surface area contributed by atoms with Crippen LogP contribution in [0.3, 0.4) is 0 Å². The van der Waals surface area contributed by atoms with Gasteiger partial charge < -0.3 is 15.4 Å². The van der Waals surface area contributed by atoms with Crippen LogP contribution in [0.15, 0.2) is 0 Å². The van der Waals surface area contributed by atoms with Gasteiger partial charge in [0.2, 0.25) is 0 Å². The highest BCUT2D eigenvalue weighted by atomic mass is 16.6. The lowest BCUT2D eigenvalue weighted by atomic mass is 10.1. The Kier molecular flexibility index (Phi) is 4.20. The van der Waals surface area contributed by atoms with Crippen molar-refractivity contribution in [3.05, 3.63) is 0 Å². The minimum Gasteiger partial charge on any atom is -0.449 e. The van der Waals surface area contributed by atoms with E-state index >= 15 is 0 Å². The number of ether oxygens (including phenoxy) is 1. The van der Waals surface area contributed by atoms with Crippen molar-refractivity contribution in [1.29, 1.82) is 0 Å². The molecule has 4 heteroatoms. The first-order chi connectivity index (χ1) is 6.59. The summed E-state index contributed by atoms with van der Waals surface area (Å²) >= 11 is 0. The predicted molar refractivity (Wildman–Crippen MR) is 55.0 cm³/mol. The Morgan fingerprint density at radius 2 is 2.07 bits per heavy atom. The molecule has 1 fully saturated rings. The number of nitrogens with two attached hydrogens (primary N) is 1. The molecule has 0 bridgehead atoms. The summed E-state index contributed by atoms with van der Waals surface area (Å²) in [5.74, 6) is 0.394. The molecule has 1 saturated heterocycles. The van der Waals surface area contributed by atoms with E-state index < -0.39 is 0 Å². The summed E-state index contributed by atoms with van der Waals surface area (Å²) in [6.45, 7) is 6.02. The molecule has 1 aliphatic heterocycles. The molecule has 0 atom stereocenters. The van der Waals surface area contributed by atoms with Crippen molar-refractivity contribution in [2.75, 3.05) is 19.7 Å². The van der Waals surface area contributed by atoms with Crippen LogP contribution in [0.4, 0.5) is 4.79 Å². The Hall–Kier alpha value is -0.770. The molecule has 1 amide bonds. The molecule has 0 spiro atoms. The lowest BCUT2D eigenvalue weighted by Crippen LogP contribution is -2.43. The van der Waals surface area contributed by atoms with Gasteiger partial charge in [-0.3, -0.25) is 0 Å². The molecular formula is C10H20N2O2. The Bertz CT molecular complexity index is 187. The van der Waals surface area contributed by atoms with Gasteiger partial charge in [0.05, 0.1) is 6.61 Å². The standard InChI is InChI=1S/C10H20N2O2/c1-8(2)7-14-10(13)12-5-3-9(11)4-6-12/h8-9H,3-7,11H2,1-2H3. The molecule has 0 aromatic carbocycles. The van der Waals surface area contributed by atoms with Gasteiger partial charge in [-0.1, -0.05) is 13.8 Å². The van der Waals surface area contributed by atoms with Gasteiger partial charge in [-0.2, -0.15) is 0 Å². The van der Waals surface area contributed by atoms with Crippen molar-refractivity contribution in [3.63, 3.8) is 0 Å². The molecule has 0 aliphatic carbocycles. The highest BCUT2D eigenvalue weighted by molar-refractivity contribution is 5.67. The topological polar surface area (TPSA) is 55.6 Å². The molecule has 1 heterocycles. The van der Waals surface area contributed by atoms with Crippen LogP contribution in [0.25, 0.3) is 0 Å². The zero-order valence-electron chi connectivity index (χ0n) is 9.03. The lowest BCUT2D eigenvalue weighted by molar-refractivity contribution is 0.0837. The SMILES string of the molecule is CC(C)COC(=O)N1CCC(N)CC1. The predicted octanol–water partition coefficient (Wildman–Crippen LogP) is 1.20. The fourth-order valence-electron chi connectivity index (χ4n) is 1.41. The Morgan fingerprint density at radius 3 is 2.57 bits per heavy atom. The minimum atomic E-state index is -0.189. The maximum Gasteiger partial charge on any atom is 0.409 e. The zero-order chi connectivity index (χ0) is 10.6. The van der Waals surface area contributed by atoms with Gasteiger partial charge >= 0.3 is 6.09 Å². The van der Waals surface area contributed by atoms with Gasteiger partial charge in [-0.25, -0.2) is 4.79 Å². The second kappa shape index (κ2) is 5.20. The average molecular weight is 200 g/mol. The lowest BCUT2D eigenvalue weighted by Gasteiger charge is -2.29. The summed E-state index contributed by atoms with van der Waals surface area (Å²) in [5, 5.41) is 0. The summed E-state index contributed by atoms with van der Waals surface area (Å²) in [6, 6.07) is 0.254. The van der Waals surface area contributed by atoms with Crippen molar-refractivity contribution in [2.45, 2.75) is 32.7 Å². The van der Waals surface area contributed by atoms with E-state index in [-0.39, 0.29) is 12.1 Å². The van der Waals surface area contributed by atoms with Crippen LogP contribution in [0.1, 0.15) is 26.7 Å². The molecule has 0 aromatic heterocycles. The monoisotopic (exact) mass is 200 g/mol. The highest BCUT2D eigenvalue weighted by Crippen LogP contribution is 2.09. The summed E-state index contributed by atoms with van der Waals surface area (Å²) in [6.07, 6.45) is 1.58. The quantitative estimate of drug-likeness (QED) is 0.728. The van der Waals surface area contributed by atoms with Gasteiger partial charge in [0, 0.05) is 19.1 Å². The molecule has 14 heavy (non-hydrogen) atoms. The summed E-state index contributed by atoms with van der Waals surface area (Å²) < 4.78 is 5.12. The van der Waals surface area contributed by atoms with Gasteiger partial charge in [0.1, 0.15) is 0 Å². The first-order valence-electron chi connectivity index (χ1n) is 5.27. The number of hydrogen-bond acceptors (Lipinski definition) is 3. The van der Waals surface area contributed by atoms with Crippen LogP contribution >= 0.6 is 0 Å². The van der Waals surface area contributed by atoms with E-state index in [0.29, 0.717) is 12.5 Å². The fourth-order valence-corrected chi connectivity index (χ4v) is 1.41. The van der Waals surface area contributed by atoms with Crippen LogP contribution in [0.5, 0.6) is 0 Å². The third kappa shape index (κ3) is 3.54. The van der Waals surface area contributed by atoms with Crippen LogP contribution in [0, 0.1) is 5.92 Å². The third-order valence-electron chi connectivity index (χ3n) is 2.34. The largest absolute Gasteiger partial charge is 0.449 e. The smallest absolute Gasteiger partial charge is 0.409 e. The average Bonchev–Trinajstić information content (AvgIpc) is 2.15. The van der Waals surface area contributed by atoms with E-state index in [1.54, 1.807) is 4.90 Å². The molecule has 0 unspecified atom stereocenters. The minimum absolute atomic E-state index is 0.189. The second-order valence-corrected chi connectivity index (χ2v) is 4.30. The maximum absolute atomic E-state index is 11.5. The number of hydrogen-bond donors (Lipinski definition) is 1. The van der Waals surface area contributed by atoms with E-state index in [4.69, 9.17) is 10.5 Å². The Balaban J connectivity index is 2.24. The first-order valence-corrected chi connectivity index (χ1v) is 5.27. The van der Waals surface area contributed by atoms with E-state index in [1.165, 1.54) is 0 Å². The van der Waals surface area contributed by atoms with Gasteiger partial charge in [-0.15, -0.1) is 0 Å². The van der Waals surface area contributed by atoms with Crippen LogP contribution in [-0.2, 0) is 4.74 Å². The number of piperidine rings is 1. The number of likely N-dealkylation sites (tertiary alicyclic amines) is 1. The first kappa shape index (κ1) is 11.3. The molecule has 4 nitrogen and oxygen atoms in total. The molecule has 0 radical (unpaired) electrons. The third-order valence-corrected chi connectivity index (χ3v) is 2.34. The van der Waals surface area contributed by atoms with Gasteiger partial charge in [0.15, 0.2) is 0 Å². The van der Waals surface area contributed by atoms with Crippen molar-refractivity contribution in [3.8, 4) is 0 Å². The number of carbonyl (C=O) groups excluding carboxylic acids is 1. The van der Waals surface area contributed by atoms with E-state index in [2.05, 4.69) is 0 Å². The van der Waals surface area contributed by atoms with Crippen LogP contribution in [-0.4, -0.2) is 36.7 Å². The van der Waals surface area contributed by atoms with Crippen LogP contribution in [0.2, 0.25) is 0 Å². The van der Waals surface area contributed by atoms with Crippen molar-refractivity contribution in [2.24, 2.45) is 11.7 Å². The van der Waals surface area contributed by atoms with Crippen molar-refractivity contribution >= 4 is 6.09 Å². The molecule has 82 valence electrons. The number of rotatable bonds is 2. The van der Waals surface area contributed by atoms with Gasteiger partial charge in [0.25, 0.3) is 0 Å².